The van der Waals surface area contributed by atoms with Gasteiger partial charge < -0.3 is 105 Å². The van der Waals surface area contributed by atoms with Gasteiger partial charge in [-0.1, -0.05) is 60.6 Å². The van der Waals surface area contributed by atoms with E-state index in [1.807, 2.05) is 109 Å². The summed E-state index contributed by atoms with van der Waals surface area (Å²) in [6.07, 6.45) is 13.7. The SMILES string of the molecule is CC(=O)N(C)C.CC(N)=O.CC(O)CO.CCC(=O)O.CCC(=O)OC.CCCN(C)C.CCN.CCN(C)C.CCN1CCOCC1.CCO.CCOC1OC(CO)C(O)C(O)C1O.CCOP(=O)(CC)OCC.Cc1cc[nH]c1.Cc1ccccn1.Cc1cccnc1.Cc1ccncc1.Cc1cnc[nH]1.Cc1ncn[nH]1. The molecule has 6 atom stereocenters. The molecule has 2 saturated heterocycles. The number of aliphatic hydroxyl groups is 7. The minimum Gasteiger partial charge on any atom is -0.481 e. The van der Waals surface area contributed by atoms with Crippen LogP contribution in [0.15, 0.2) is 111 Å². The van der Waals surface area contributed by atoms with Gasteiger partial charge in [0, 0.05) is 134 Å². The normalized spacial score (nSPS) is 14.4. The molecule has 8 heterocycles. The van der Waals surface area contributed by atoms with Crippen LogP contribution in [0.2, 0.25) is 0 Å². The lowest BCUT2D eigenvalue weighted by Crippen LogP contribution is -2.59. The van der Waals surface area contributed by atoms with Crippen molar-refractivity contribution in [2.75, 3.05) is 148 Å². The molecule has 6 aromatic heterocycles. The summed E-state index contributed by atoms with van der Waals surface area (Å²) >= 11 is 0. The molecule has 114 heavy (non-hydrogen) atoms. The summed E-state index contributed by atoms with van der Waals surface area (Å²) in [6, 6.07) is 15.8. The van der Waals surface area contributed by atoms with Crippen molar-refractivity contribution in [3.8, 4) is 0 Å². The van der Waals surface area contributed by atoms with Crippen molar-refractivity contribution in [3.63, 3.8) is 0 Å². The Labute approximate surface area is 684 Å². The number of nitrogens with one attached hydrogen (secondary N) is 3. The van der Waals surface area contributed by atoms with Gasteiger partial charge in [-0.2, -0.15) is 5.10 Å². The van der Waals surface area contributed by atoms with Crippen LogP contribution in [-0.2, 0) is 51.7 Å². The lowest BCUT2D eigenvalue weighted by molar-refractivity contribution is -0.300. The number of esters is 1. The van der Waals surface area contributed by atoms with Gasteiger partial charge in [-0.25, -0.2) is 9.97 Å². The number of nitrogens with two attached hydrogens (primary N) is 2. The van der Waals surface area contributed by atoms with E-state index < -0.39 is 57.0 Å². The second kappa shape index (κ2) is 96.1. The van der Waals surface area contributed by atoms with E-state index in [9.17, 15) is 39.1 Å². The van der Waals surface area contributed by atoms with Gasteiger partial charge in [-0.3, -0.25) is 48.7 Å². The topological polar surface area (TPSA) is 492 Å². The van der Waals surface area contributed by atoms with Crippen LogP contribution in [0.1, 0.15) is 150 Å². The Hall–Kier alpha value is -7.45. The molecule has 0 aliphatic carbocycles. The number of aryl methyl sites for hydroxylation is 6. The van der Waals surface area contributed by atoms with Gasteiger partial charge >= 0.3 is 19.5 Å². The second-order valence-electron chi connectivity index (χ2n) is 23.8. The third-order valence-electron chi connectivity index (χ3n) is 12.2. The van der Waals surface area contributed by atoms with Crippen molar-refractivity contribution in [2.24, 2.45) is 11.5 Å². The molecule has 6 aromatic rings. The zero-order chi connectivity index (χ0) is 90.1. The Morgan fingerprint density at radius 2 is 1.22 bits per heavy atom. The first-order valence-electron chi connectivity index (χ1n) is 37.9. The number of hydrogen-bond donors (Lipinski definition) is 13. The number of nitrogens with zero attached hydrogens (tertiary/aromatic N) is 10. The summed E-state index contributed by atoms with van der Waals surface area (Å²) < 4.78 is 40.7. The lowest BCUT2D eigenvalue weighted by Gasteiger charge is -2.39. The van der Waals surface area contributed by atoms with E-state index in [1.165, 1.54) is 75.3 Å². The van der Waals surface area contributed by atoms with E-state index in [2.05, 4.69) is 126 Å². The largest absolute Gasteiger partial charge is 0.481 e. The Bertz CT molecular complexity index is 2660. The maximum absolute atomic E-state index is 11.3. The Kier molecular flexibility index (Phi) is 107. The number of aromatic amines is 3. The quantitative estimate of drug-likeness (QED) is 0.0340. The lowest BCUT2D eigenvalue weighted by atomic mass is 9.99. The van der Waals surface area contributed by atoms with Crippen LogP contribution in [0.4, 0.5) is 0 Å². The van der Waals surface area contributed by atoms with Crippen molar-refractivity contribution < 1.29 is 92.6 Å². The van der Waals surface area contributed by atoms with Crippen molar-refractivity contribution in [1.82, 2.24) is 64.7 Å². The third-order valence-corrected chi connectivity index (χ3v) is 14.3. The van der Waals surface area contributed by atoms with Crippen LogP contribution in [0.25, 0.3) is 0 Å². The predicted octanol–water partition coefficient (Wildman–Crippen LogP) is 8.24. The van der Waals surface area contributed by atoms with E-state index >= 15 is 0 Å². The minimum atomic E-state index is -2.70. The molecule has 0 saturated carbocycles. The second-order valence-corrected chi connectivity index (χ2v) is 26.2. The molecule has 15 N–H and O–H groups in total. The van der Waals surface area contributed by atoms with Crippen molar-refractivity contribution in [2.45, 2.75) is 195 Å². The molecule has 666 valence electrons. The molecule has 2 amide bonds. The molecular formula is C79H156N15O19P. The van der Waals surface area contributed by atoms with Crippen molar-refractivity contribution in [3.05, 3.63) is 145 Å². The molecule has 0 radical (unpaired) electrons. The number of methoxy groups -OCH3 is 1. The monoisotopic (exact) mass is 1650 g/mol. The van der Waals surface area contributed by atoms with Gasteiger partial charge in [0.1, 0.15) is 36.6 Å². The average Bonchev–Trinajstić information content (AvgIpc) is 0.955. The maximum Gasteiger partial charge on any atom is 0.330 e. The summed E-state index contributed by atoms with van der Waals surface area (Å²) in [6.45, 7) is 46.1. The summed E-state index contributed by atoms with van der Waals surface area (Å²) in [5, 5.41) is 74.5. The molecule has 2 aliphatic rings. The van der Waals surface area contributed by atoms with E-state index in [1.54, 1.807) is 99.9 Å². The number of carbonyl (C=O) groups is 4. The standard InChI is InChI=1S/C8H16O6.C6H13NO.3C6H7N.C6H15O3P.C5H7N.C5H13N.C4H6N2.C4H9NO.C4H11N.C4H8O2.C3H5N3.C3H8O2.C3H6O2.C2H5NO.C2H7N.C2H6O/c1-2-13-8-7(12)6(11)5(10)4(3-9)14-8;1-2-7-3-5-8-6-4-7;1-6-2-4-7-5-3-6;1-6-3-2-4-7-5-6;1-6-4-2-3-5-7-6;1-4-8-10(7,6-3)9-5-2;1-5-2-3-6-4-5;1-4-5-6(2)3;1-4-2-5-3-6-4;1-4(6)5(2)3;1-4-5(2)3;1-3-4(5)6-2;1-3-4-2-5-6-3;1-3(5)2-4;1-2-3(4)5;1-2(3)4;2*1-2-3/h4-12H,2-3H2,1H3;2-6H2,1H3;3*2-5H,1H3;4-6H2,1-3H3;2-4,6H,1H3;4-5H2,1-3H3;2-3H,1H3,(H,5,6);1-3H3;4H2,1-3H3;3H2,1-2H3;2H,1H3,(H,4,5,6);3-5H,2H2,1H3;2H2,1H3,(H,4,5);1H3,(H2,3,4);2-3H2,1H3;3H,2H2,1H3. The summed E-state index contributed by atoms with van der Waals surface area (Å²) in [4.78, 5) is 71.9. The molecule has 6 unspecified atom stereocenters. The van der Waals surface area contributed by atoms with Crippen LogP contribution in [0, 0.1) is 41.5 Å². The highest BCUT2D eigenvalue weighted by Gasteiger charge is 2.43. The van der Waals surface area contributed by atoms with Crippen molar-refractivity contribution in [1.29, 1.82) is 0 Å². The van der Waals surface area contributed by atoms with E-state index in [0.717, 1.165) is 56.6 Å². The Morgan fingerprint density at radius 1 is 0.702 bits per heavy atom. The number of aliphatic hydroxyl groups excluding tert-OH is 7. The van der Waals surface area contributed by atoms with Crippen LogP contribution in [-0.4, -0.2) is 314 Å². The minimum absolute atomic E-state index is 0.0926. The number of likely N-dealkylation sites (N-methyl/N-ethyl adjacent to an activating group) is 1. The molecule has 0 bridgehead atoms. The molecular weight excluding hydrogens is 1490 g/mol. The molecule has 2 aliphatic heterocycles. The Morgan fingerprint density at radius 3 is 1.40 bits per heavy atom. The number of carboxylic acid groups (broad SMARTS) is 1. The van der Waals surface area contributed by atoms with E-state index in [-0.39, 0.29) is 37.4 Å². The van der Waals surface area contributed by atoms with Gasteiger partial charge in [-0.05, 0) is 190 Å². The summed E-state index contributed by atoms with van der Waals surface area (Å²) in [5.74, 6) is -0.287. The Balaban J connectivity index is -0.000000127. The van der Waals surface area contributed by atoms with E-state index in [0.29, 0.717) is 32.4 Å². The highest BCUT2D eigenvalue weighted by molar-refractivity contribution is 7.53. The average molecular weight is 1650 g/mol. The van der Waals surface area contributed by atoms with Crippen LogP contribution in [0.5, 0.6) is 0 Å². The molecule has 2 fully saturated rings. The maximum atomic E-state index is 11.3. The zero-order valence-electron chi connectivity index (χ0n) is 74.2. The van der Waals surface area contributed by atoms with Crippen molar-refractivity contribution >= 4 is 31.3 Å². The summed E-state index contributed by atoms with van der Waals surface area (Å²) in [7, 11) is 10.4. The number of ether oxygens (including phenoxy) is 4. The fourth-order valence-corrected chi connectivity index (χ4v) is 7.04. The van der Waals surface area contributed by atoms with Gasteiger partial charge in [-0.15, -0.1) is 0 Å². The smallest absolute Gasteiger partial charge is 0.330 e. The summed E-state index contributed by atoms with van der Waals surface area (Å²) in [5.41, 5.74) is 15.3. The number of H-pyrrole nitrogens is 3. The number of hydrogen-bond acceptors (Lipinski definition) is 28. The fourth-order valence-electron chi connectivity index (χ4n) is 5.81. The first-order chi connectivity index (χ1) is 53.7. The molecule has 0 spiro atoms. The van der Waals surface area contributed by atoms with Crippen LogP contribution < -0.4 is 11.5 Å². The zero-order valence-corrected chi connectivity index (χ0v) is 75.1. The number of imidazole rings is 1. The van der Waals surface area contributed by atoms with Gasteiger partial charge in [0.25, 0.3) is 0 Å². The van der Waals surface area contributed by atoms with Gasteiger partial charge in [0.15, 0.2) is 6.29 Å². The van der Waals surface area contributed by atoms with Gasteiger partial charge in [0.05, 0.1) is 59.2 Å². The predicted molar refractivity (Wildman–Crippen MR) is 455 cm³/mol. The number of carbonyl (C=O) groups excluding carboxylic acids is 3. The van der Waals surface area contributed by atoms with Crippen LogP contribution in [0.3, 0.4) is 0 Å². The van der Waals surface area contributed by atoms with E-state index in [4.69, 9.17) is 54.5 Å². The molecule has 34 nitrogen and oxygen atoms in total. The first-order valence-corrected chi connectivity index (χ1v) is 39.6. The number of primary amides is 1. The highest BCUT2D eigenvalue weighted by atomic mass is 31.2. The number of carboxylic acids is 1. The molecule has 35 heteroatoms. The first kappa shape index (κ1) is 127. The molecule has 0 aromatic carbocycles. The third kappa shape index (κ3) is 111. The van der Waals surface area contributed by atoms with Crippen LogP contribution >= 0.6 is 7.60 Å². The molecule has 8 rings (SSSR count). The van der Waals surface area contributed by atoms with Gasteiger partial charge in [0.2, 0.25) is 11.8 Å². The number of aromatic nitrogens is 9. The number of rotatable bonds is 15. The fraction of sp³-hybridized carbons (Fsp3) is 0.646. The number of pyridine rings is 3. The number of aliphatic carboxylic acids is 1. The number of morpholine rings is 1. The highest BCUT2D eigenvalue weighted by Crippen LogP contribution is 2.47. The number of amides is 2.